The van der Waals surface area contributed by atoms with Gasteiger partial charge in [0.1, 0.15) is 6.29 Å². The number of rotatable bonds is 2. The molecule has 0 unspecified atom stereocenters. The maximum Gasteiger partial charge on any atom is 0.489 e. The summed E-state index contributed by atoms with van der Waals surface area (Å²) in [6.45, 7) is 0. The molecule has 1 rings (SSSR count). The van der Waals surface area contributed by atoms with E-state index in [1.807, 2.05) is 0 Å². The molecule has 0 aromatic heterocycles. The van der Waals surface area contributed by atoms with Crippen molar-refractivity contribution in [2.45, 2.75) is 0 Å². The molecule has 0 aliphatic rings. The Morgan fingerprint density at radius 3 is 2.50 bits per heavy atom. The van der Waals surface area contributed by atoms with Gasteiger partial charge in [0.05, 0.1) is 0 Å². The Morgan fingerprint density at radius 2 is 2.08 bits per heavy atom. The van der Waals surface area contributed by atoms with Crippen LogP contribution >= 0.6 is 15.9 Å². The van der Waals surface area contributed by atoms with Gasteiger partial charge in [0, 0.05) is 10.0 Å². The molecule has 0 aliphatic heterocycles. The summed E-state index contributed by atoms with van der Waals surface area (Å²) in [7, 11) is -1.51. The third-order valence-electron chi connectivity index (χ3n) is 1.44. The second kappa shape index (κ2) is 3.84. The molecule has 5 heteroatoms. The fourth-order valence-electron chi connectivity index (χ4n) is 0.826. The predicted molar refractivity (Wildman–Crippen MR) is 49.4 cm³/mol. The van der Waals surface area contributed by atoms with Gasteiger partial charge < -0.3 is 10.0 Å². The van der Waals surface area contributed by atoms with Crippen LogP contribution in [0.1, 0.15) is 10.4 Å². The van der Waals surface area contributed by atoms with E-state index in [-0.39, 0.29) is 0 Å². The van der Waals surface area contributed by atoms with E-state index in [1.165, 1.54) is 18.2 Å². The third-order valence-corrected chi connectivity index (χ3v) is 2.13. The van der Waals surface area contributed by atoms with Crippen LogP contribution in [0.3, 0.4) is 0 Å². The van der Waals surface area contributed by atoms with Crippen LogP contribution in [0.15, 0.2) is 22.7 Å². The minimum absolute atomic E-state index is 0.348. The summed E-state index contributed by atoms with van der Waals surface area (Å²) in [6, 6.07) is 4.53. The minimum Gasteiger partial charge on any atom is -0.423 e. The molecule has 0 radical (unpaired) electrons. The summed E-state index contributed by atoms with van der Waals surface area (Å²) in [6.07, 6.45) is 0.693. The van der Waals surface area contributed by atoms with Crippen LogP contribution in [-0.4, -0.2) is 23.5 Å². The summed E-state index contributed by atoms with van der Waals surface area (Å²) in [5, 5.41) is 17.6. The fraction of sp³-hybridized carbons (Fsp3) is 0. The molecule has 0 aliphatic carbocycles. The Hall–Kier alpha value is -0.645. The molecule has 0 saturated carbocycles. The molecule has 62 valence electrons. The maximum atomic E-state index is 10.3. The molecular weight excluding hydrogens is 223 g/mol. The molecule has 2 N–H and O–H groups in total. The minimum atomic E-state index is -1.51. The van der Waals surface area contributed by atoms with Gasteiger partial charge in [-0.25, -0.2) is 0 Å². The lowest BCUT2D eigenvalue weighted by atomic mass is 9.80. The third kappa shape index (κ3) is 1.94. The number of hydrogen-bond donors (Lipinski definition) is 2. The average Bonchev–Trinajstić information content (AvgIpc) is 2.03. The van der Waals surface area contributed by atoms with Crippen molar-refractivity contribution >= 4 is 34.8 Å². The highest BCUT2D eigenvalue weighted by molar-refractivity contribution is 9.10. The number of halogens is 1. The van der Waals surface area contributed by atoms with Crippen molar-refractivity contribution in [3.05, 3.63) is 28.2 Å². The number of carbonyl (C=O) groups excluding carboxylic acids is 1. The van der Waals surface area contributed by atoms with Gasteiger partial charge in [0.25, 0.3) is 0 Å². The quantitative estimate of drug-likeness (QED) is 0.551. The Balaban J connectivity index is 3.11. The Morgan fingerprint density at radius 1 is 1.42 bits per heavy atom. The molecule has 0 bridgehead atoms. The number of hydrogen-bond acceptors (Lipinski definition) is 3. The van der Waals surface area contributed by atoms with Gasteiger partial charge in [0.15, 0.2) is 0 Å². The maximum absolute atomic E-state index is 10.3. The average molecular weight is 229 g/mol. The van der Waals surface area contributed by atoms with Crippen LogP contribution < -0.4 is 5.46 Å². The standard InChI is InChI=1S/C7H6BBrO3/c9-7-3-5(4-10)1-2-6(7)8(11)12/h1-4,11-12H. The lowest BCUT2D eigenvalue weighted by molar-refractivity contribution is 0.112. The van der Waals surface area contributed by atoms with Crippen molar-refractivity contribution in [1.29, 1.82) is 0 Å². The van der Waals surface area contributed by atoms with Gasteiger partial charge in [-0.1, -0.05) is 28.1 Å². The smallest absolute Gasteiger partial charge is 0.423 e. The van der Waals surface area contributed by atoms with E-state index in [2.05, 4.69) is 15.9 Å². The van der Waals surface area contributed by atoms with Crippen LogP contribution in [-0.2, 0) is 0 Å². The number of carbonyl (C=O) groups is 1. The van der Waals surface area contributed by atoms with Crippen molar-refractivity contribution in [3.63, 3.8) is 0 Å². The van der Waals surface area contributed by atoms with E-state index in [9.17, 15) is 4.79 Å². The Kier molecular flexibility index (Phi) is 3.02. The second-order valence-corrected chi connectivity index (χ2v) is 3.13. The highest BCUT2D eigenvalue weighted by Gasteiger charge is 2.14. The van der Waals surface area contributed by atoms with Crippen LogP contribution in [0.4, 0.5) is 0 Å². The molecule has 1 aromatic rings. The molecular formula is C7H6BBrO3. The molecule has 0 atom stereocenters. The highest BCUT2D eigenvalue weighted by atomic mass is 79.9. The van der Waals surface area contributed by atoms with Gasteiger partial charge in [-0.15, -0.1) is 0 Å². The first-order valence-electron chi connectivity index (χ1n) is 3.26. The first-order valence-corrected chi connectivity index (χ1v) is 4.05. The van der Waals surface area contributed by atoms with Crippen LogP contribution in [0.5, 0.6) is 0 Å². The van der Waals surface area contributed by atoms with E-state index < -0.39 is 7.12 Å². The van der Waals surface area contributed by atoms with Crippen molar-refractivity contribution in [3.8, 4) is 0 Å². The second-order valence-electron chi connectivity index (χ2n) is 2.27. The predicted octanol–water partition coefficient (Wildman–Crippen LogP) is -0.0586. The summed E-state index contributed by atoms with van der Waals surface area (Å²) >= 11 is 3.11. The highest BCUT2D eigenvalue weighted by Crippen LogP contribution is 2.08. The van der Waals surface area contributed by atoms with Crippen molar-refractivity contribution in [2.75, 3.05) is 0 Å². The van der Waals surface area contributed by atoms with Crippen LogP contribution in [0.2, 0.25) is 0 Å². The summed E-state index contributed by atoms with van der Waals surface area (Å²) < 4.78 is 0.516. The molecule has 0 spiro atoms. The normalized spacial score (nSPS) is 9.58. The summed E-state index contributed by atoms with van der Waals surface area (Å²) in [5.74, 6) is 0. The van der Waals surface area contributed by atoms with E-state index >= 15 is 0 Å². The van der Waals surface area contributed by atoms with E-state index in [1.54, 1.807) is 0 Å². The molecule has 12 heavy (non-hydrogen) atoms. The first-order chi connectivity index (χ1) is 5.65. The Labute approximate surface area is 78.3 Å². The fourth-order valence-corrected chi connectivity index (χ4v) is 1.43. The molecule has 0 fully saturated rings. The van der Waals surface area contributed by atoms with Crippen molar-refractivity contribution in [1.82, 2.24) is 0 Å². The summed E-state index contributed by atoms with van der Waals surface area (Å²) in [5.41, 5.74) is 0.840. The van der Waals surface area contributed by atoms with Crippen LogP contribution in [0.25, 0.3) is 0 Å². The lowest BCUT2D eigenvalue weighted by Crippen LogP contribution is -2.30. The molecule has 1 aromatic carbocycles. The van der Waals surface area contributed by atoms with Gasteiger partial charge in [0.2, 0.25) is 0 Å². The zero-order valence-corrected chi connectivity index (χ0v) is 7.65. The SMILES string of the molecule is O=Cc1ccc(B(O)O)c(Br)c1. The molecule has 0 saturated heterocycles. The van der Waals surface area contributed by atoms with Crippen molar-refractivity contribution < 1.29 is 14.8 Å². The van der Waals surface area contributed by atoms with Crippen LogP contribution in [0, 0.1) is 0 Å². The first kappa shape index (κ1) is 9.44. The number of aldehydes is 1. The van der Waals surface area contributed by atoms with Crippen molar-refractivity contribution in [2.24, 2.45) is 0 Å². The molecule has 0 amide bonds. The monoisotopic (exact) mass is 228 g/mol. The topological polar surface area (TPSA) is 57.5 Å². The van der Waals surface area contributed by atoms with E-state index in [0.717, 1.165) is 0 Å². The van der Waals surface area contributed by atoms with E-state index in [4.69, 9.17) is 10.0 Å². The van der Waals surface area contributed by atoms with Gasteiger partial charge in [-0.2, -0.15) is 0 Å². The summed E-state index contributed by atoms with van der Waals surface area (Å²) in [4.78, 5) is 10.3. The van der Waals surface area contributed by atoms with Gasteiger partial charge in [-0.3, -0.25) is 4.79 Å². The Bertz CT molecular complexity index is 301. The molecule has 3 nitrogen and oxygen atoms in total. The lowest BCUT2D eigenvalue weighted by Gasteiger charge is -2.02. The molecule has 0 heterocycles. The van der Waals surface area contributed by atoms with Gasteiger partial charge >= 0.3 is 7.12 Å². The number of benzene rings is 1. The van der Waals surface area contributed by atoms with E-state index in [0.29, 0.717) is 21.8 Å². The zero-order valence-electron chi connectivity index (χ0n) is 6.07. The van der Waals surface area contributed by atoms with Gasteiger partial charge in [-0.05, 0) is 11.5 Å². The largest absolute Gasteiger partial charge is 0.489 e. The zero-order chi connectivity index (χ0) is 9.14.